The number of aromatic nitrogens is 1. The lowest BCUT2D eigenvalue weighted by Crippen LogP contribution is -2.21. The van der Waals surface area contributed by atoms with Crippen molar-refractivity contribution in [2.24, 2.45) is 0 Å². The van der Waals surface area contributed by atoms with Crippen molar-refractivity contribution in [2.75, 3.05) is 4.90 Å². The van der Waals surface area contributed by atoms with Gasteiger partial charge in [0.25, 0.3) is 0 Å². The first-order valence-corrected chi connectivity index (χ1v) is 7.95. The van der Waals surface area contributed by atoms with E-state index in [2.05, 4.69) is 85.8 Å². The molecule has 1 aliphatic heterocycles. The van der Waals surface area contributed by atoms with Crippen LogP contribution in [0.5, 0.6) is 0 Å². The Morgan fingerprint density at radius 1 is 0.957 bits per heavy atom. The minimum absolute atomic E-state index is 0.0734. The van der Waals surface area contributed by atoms with E-state index in [0.717, 1.165) is 16.9 Å². The zero-order chi connectivity index (χ0) is 16.2. The van der Waals surface area contributed by atoms with E-state index in [-0.39, 0.29) is 5.41 Å². The maximum absolute atomic E-state index is 4.57. The molecule has 0 spiro atoms. The molecule has 0 atom stereocenters. The van der Waals surface area contributed by atoms with Crippen LogP contribution >= 0.6 is 0 Å². The monoisotopic (exact) mass is 300 g/mol. The number of hydrogen-bond acceptors (Lipinski definition) is 2. The topological polar surface area (TPSA) is 16.1 Å². The smallest absolute Gasteiger partial charge is 0.0752 e. The Morgan fingerprint density at radius 2 is 1.74 bits per heavy atom. The highest BCUT2D eigenvalue weighted by molar-refractivity contribution is 5.98. The number of rotatable bonds is 1. The highest BCUT2D eigenvalue weighted by Crippen LogP contribution is 2.51. The van der Waals surface area contributed by atoms with Gasteiger partial charge in [-0.2, -0.15) is 0 Å². The quantitative estimate of drug-likeness (QED) is 0.591. The second kappa shape index (κ2) is 4.69. The molecule has 1 aliphatic rings. The molecule has 114 valence electrons. The fourth-order valence-corrected chi connectivity index (χ4v) is 3.56. The molecular formula is C21H20N2. The van der Waals surface area contributed by atoms with Crippen molar-refractivity contribution >= 4 is 22.3 Å². The number of anilines is 2. The maximum atomic E-state index is 4.57. The molecule has 0 radical (unpaired) electrons. The molecule has 0 fully saturated rings. The molecule has 4 rings (SSSR count). The van der Waals surface area contributed by atoms with Crippen LogP contribution in [0, 0.1) is 6.92 Å². The first kappa shape index (κ1) is 14.0. The Bertz CT molecular complexity index is 937. The van der Waals surface area contributed by atoms with E-state index in [4.69, 9.17) is 0 Å². The number of pyridine rings is 1. The van der Waals surface area contributed by atoms with E-state index in [1.807, 2.05) is 6.20 Å². The van der Waals surface area contributed by atoms with Crippen LogP contribution in [-0.2, 0) is 5.41 Å². The minimum atomic E-state index is -0.0734. The predicted octanol–water partition coefficient (Wildman–Crippen LogP) is 5.49. The fraction of sp³-hybridized carbons (Fsp3) is 0.190. The Hall–Kier alpha value is -2.61. The molecule has 2 aromatic carbocycles. The summed E-state index contributed by atoms with van der Waals surface area (Å²) in [6.45, 7) is 11.0. The second-order valence-electron chi connectivity index (χ2n) is 6.73. The van der Waals surface area contributed by atoms with Crippen molar-refractivity contribution in [1.29, 1.82) is 0 Å². The van der Waals surface area contributed by atoms with E-state index in [1.54, 1.807) is 0 Å². The van der Waals surface area contributed by atoms with Crippen molar-refractivity contribution in [3.8, 4) is 0 Å². The highest BCUT2D eigenvalue weighted by atomic mass is 15.2. The summed E-state index contributed by atoms with van der Waals surface area (Å²) in [6, 6.07) is 17.0. The Morgan fingerprint density at radius 3 is 2.57 bits per heavy atom. The SMILES string of the molecule is C=C1N(c2ccnc3c(C)cccc23)c2ccccc2C1(C)C. The van der Waals surface area contributed by atoms with Gasteiger partial charge < -0.3 is 4.90 Å². The summed E-state index contributed by atoms with van der Waals surface area (Å²) in [6.07, 6.45) is 1.89. The van der Waals surface area contributed by atoms with E-state index < -0.39 is 0 Å². The Balaban J connectivity index is 2.03. The normalized spacial score (nSPS) is 16.0. The molecule has 0 saturated carbocycles. The molecular weight excluding hydrogens is 280 g/mol. The van der Waals surface area contributed by atoms with Crippen LogP contribution in [0.3, 0.4) is 0 Å². The Labute approximate surface area is 137 Å². The first-order chi connectivity index (χ1) is 11.0. The lowest BCUT2D eigenvalue weighted by molar-refractivity contribution is 0.647. The maximum Gasteiger partial charge on any atom is 0.0752 e. The van der Waals surface area contributed by atoms with Gasteiger partial charge in [-0.15, -0.1) is 0 Å². The third-order valence-corrected chi connectivity index (χ3v) is 5.00. The molecule has 1 aromatic heterocycles. The van der Waals surface area contributed by atoms with Gasteiger partial charge in [-0.1, -0.05) is 56.8 Å². The molecule has 2 heteroatoms. The number of para-hydroxylation sites is 2. The second-order valence-corrected chi connectivity index (χ2v) is 6.73. The van der Waals surface area contributed by atoms with Crippen molar-refractivity contribution < 1.29 is 0 Å². The summed E-state index contributed by atoms with van der Waals surface area (Å²) in [5.41, 5.74) is 6.98. The zero-order valence-electron chi connectivity index (χ0n) is 13.8. The molecule has 0 unspecified atom stereocenters. The van der Waals surface area contributed by atoms with E-state index >= 15 is 0 Å². The number of benzene rings is 2. The van der Waals surface area contributed by atoms with E-state index in [0.29, 0.717) is 0 Å². The van der Waals surface area contributed by atoms with Gasteiger partial charge >= 0.3 is 0 Å². The van der Waals surface area contributed by atoms with Gasteiger partial charge in [0.15, 0.2) is 0 Å². The van der Waals surface area contributed by atoms with Crippen molar-refractivity contribution in [3.05, 3.63) is 78.1 Å². The lowest BCUT2D eigenvalue weighted by atomic mass is 9.84. The summed E-state index contributed by atoms with van der Waals surface area (Å²) in [7, 11) is 0. The summed E-state index contributed by atoms with van der Waals surface area (Å²) >= 11 is 0. The van der Waals surface area contributed by atoms with Gasteiger partial charge in [-0.3, -0.25) is 4.98 Å². The Kier molecular flexibility index (Phi) is 2.86. The van der Waals surface area contributed by atoms with Crippen LogP contribution in [0.2, 0.25) is 0 Å². The zero-order valence-corrected chi connectivity index (χ0v) is 13.8. The molecule has 2 heterocycles. The molecule has 2 nitrogen and oxygen atoms in total. The first-order valence-electron chi connectivity index (χ1n) is 7.95. The van der Waals surface area contributed by atoms with Gasteiger partial charge in [0.1, 0.15) is 0 Å². The van der Waals surface area contributed by atoms with Crippen LogP contribution in [0.1, 0.15) is 25.0 Å². The number of nitrogens with zero attached hydrogens (tertiary/aromatic N) is 2. The van der Waals surface area contributed by atoms with Gasteiger partial charge in [0.2, 0.25) is 0 Å². The largest absolute Gasteiger partial charge is 0.313 e. The summed E-state index contributed by atoms with van der Waals surface area (Å²) in [5, 5.41) is 1.17. The number of hydrogen-bond donors (Lipinski definition) is 0. The third-order valence-electron chi connectivity index (χ3n) is 5.00. The third kappa shape index (κ3) is 1.84. The number of allylic oxidation sites excluding steroid dienone is 1. The average molecular weight is 300 g/mol. The van der Waals surface area contributed by atoms with Crippen LogP contribution in [0.4, 0.5) is 11.4 Å². The highest BCUT2D eigenvalue weighted by Gasteiger charge is 2.39. The summed E-state index contributed by atoms with van der Waals surface area (Å²) in [4.78, 5) is 6.86. The van der Waals surface area contributed by atoms with Gasteiger partial charge in [0, 0.05) is 28.4 Å². The molecule has 0 saturated heterocycles. The van der Waals surface area contributed by atoms with Gasteiger partial charge in [-0.05, 0) is 30.2 Å². The van der Waals surface area contributed by atoms with Crippen molar-refractivity contribution in [1.82, 2.24) is 4.98 Å². The predicted molar refractivity (Wildman–Crippen MR) is 97.2 cm³/mol. The van der Waals surface area contributed by atoms with Crippen LogP contribution in [0.15, 0.2) is 67.0 Å². The van der Waals surface area contributed by atoms with Crippen molar-refractivity contribution in [3.63, 3.8) is 0 Å². The van der Waals surface area contributed by atoms with Crippen LogP contribution in [-0.4, -0.2) is 4.98 Å². The van der Waals surface area contributed by atoms with Gasteiger partial charge in [0.05, 0.1) is 11.2 Å². The molecule has 0 amide bonds. The molecule has 0 aliphatic carbocycles. The summed E-state index contributed by atoms with van der Waals surface area (Å²) in [5.74, 6) is 0. The number of aryl methyl sites for hydroxylation is 1. The molecule has 0 bridgehead atoms. The van der Waals surface area contributed by atoms with Crippen molar-refractivity contribution in [2.45, 2.75) is 26.2 Å². The van der Waals surface area contributed by atoms with Crippen LogP contribution < -0.4 is 4.90 Å². The van der Waals surface area contributed by atoms with Gasteiger partial charge in [-0.25, -0.2) is 0 Å². The molecule has 23 heavy (non-hydrogen) atoms. The number of fused-ring (bicyclic) bond motifs is 2. The summed E-state index contributed by atoms with van der Waals surface area (Å²) < 4.78 is 0. The minimum Gasteiger partial charge on any atom is -0.313 e. The standard InChI is InChI=1S/C21H20N2/c1-14-8-7-9-16-18(12-13-22-20(14)16)23-15(2)21(3,4)17-10-5-6-11-19(17)23/h5-13H,2H2,1,3-4H3. The van der Waals surface area contributed by atoms with E-state index in [1.165, 1.54) is 22.2 Å². The molecule has 0 N–H and O–H groups in total. The molecule has 3 aromatic rings. The van der Waals surface area contributed by atoms with Crippen LogP contribution in [0.25, 0.3) is 10.9 Å². The van der Waals surface area contributed by atoms with E-state index in [9.17, 15) is 0 Å². The lowest BCUT2D eigenvalue weighted by Gasteiger charge is -2.27. The fourth-order valence-electron chi connectivity index (χ4n) is 3.56. The average Bonchev–Trinajstić information content (AvgIpc) is 2.75.